The molecule has 1 aliphatic heterocycles. The van der Waals surface area contributed by atoms with E-state index in [1.165, 1.54) is 11.3 Å². The number of thiazole rings is 1. The molecule has 1 aliphatic rings. The summed E-state index contributed by atoms with van der Waals surface area (Å²) in [5, 5.41) is 3.97. The highest BCUT2D eigenvalue weighted by molar-refractivity contribution is 7.15. The summed E-state index contributed by atoms with van der Waals surface area (Å²) in [5.74, 6) is -0.0191. The molecule has 2 heterocycles. The Morgan fingerprint density at radius 3 is 2.94 bits per heavy atom. The molecule has 0 aliphatic carbocycles. The number of rotatable bonds is 1. The fourth-order valence-electron chi connectivity index (χ4n) is 2.16. The van der Waals surface area contributed by atoms with Gasteiger partial charge in [-0.3, -0.25) is 4.79 Å². The van der Waals surface area contributed by atoms with E-state index in [0.717, 1.165) is 27.4 Å². The monoisotopic (exact) mass is 279 g/mol. The molecule has 1 aromatic heterocycles. The Kier molecular flexibility index (Phi) is 2.53. The number of halogens is 1. The van der Waals surface area contributed by atoms with E-state index in [1.54, 1.807) is 0 Å². The Balaban J connectivity index is 2.24. The van der Waals surface area contributed by atoms with E-state index in [1.807, 2.05) is 19.1 Å². The number of anilines is 2. The number of benzene rings is 1. The predicted octanol–water partition coefficient (Wildman–Crippen LogP) is 2.85. The van der Waals surface area contributed by atoms with Crippen molar-refractivity contribution >= 4 is 39.7 Å². The van der Waals surface area contributed by atoms with Gasteiger partial charge in [-0.05, 0) is 24.6 Å². The average Bonchev–Trinajstić information content (AvgIpc) is 2.79. The number of hydrogen-bond acceptors (Lipinski definition) is 4. The van der Waals surface area contributed by atoms with Gasteiger partial charge in [-0.2, -0.15) is 0 Å². The number of carbonyl (C=O) groups is 1. The van der Waals surface area contributed by atoms with Crippen molar-refractivity contribution in [2.75, 3.05) is 11.1 Å². The molecular formula is C12H10ClN3OS. The highest BCUT2D eigenvalue weighted by atomic mass is 35.5. The maximum atomic E-state index is 11.5. The molecule has 3 rings (SSSR count). The first kappa shape index (κ1) is 11.5. The van der Waals surface area contributed by atoms with Gasteiger partial charge >= 0.3 is 0 Å². The summed E-state index contributed by atoms with van der Waals surface area (Å²) in [7, 11) is 0. The summed E-state index contributed by atoms with van der Waals surface area (Å²) in [6.45, 7) is 1.95. The molecule has 0 bridgehead atoms. The Labute approximate surface area is 113 Å². The largest absolute Gasteiger partial charge is 0.375 e. The van der Waals surface area contributed by atoms with Crippen molar-refractivity contribution in [2.24, 2.45) is 0 Å². The quantitative estimate of drug-likeness (QED) is 0.843. The molecule has 4 nitrogen and oxygen atoms in total. The van der Waals surface area contributed by atoms with Gasteiger partial charge in [-0.15, -0.1) is 11.3 Å². The van der Waals surface area contributed by atoms with Crippen LogP contribution in [0.1, 0.15) is 10.4 Å². The number of nitrogens with two attached hydrogens (primary N) is 1. The third kappa shape index (κ3) is 1.76. The van der Waals surface area contributed by atoms with E-state index in [2.05, 4.69) is 10.3 Å². The molecule has 0 saturated heterocycles. The van der Waals surface area contributed by atoms with E-state index in [-0.39, 0.29) is 5.91 Å². The number of fused-ring (bicyclic) bond motifs is 1. The zero-order valence-electron chi connectivity index (χ0n) is 9.58. The van der Waals surface area contributed by atoms with Crippen LogP contribution in [0.5, 0.6) is 0 Å². The van der Waals surface area contributed by atoms with E-state index >= 15 is 0 Å². The number of nitrogens with zero attached hydrogens (tertiary/aromatic N) is 1. The molecule has 0 unspecified atom stereocenters. The minimum absolute atomic E-state index is 0.0191. The fraction of sp³-hybridized carbons (Fsp3) is 0.167. The zero-order chi connectivity index (χ0) is 12.9. The van der Waals surface area contributed by atoms with Crippen LogP contribution in [0.25, 0.3) is 11.3 Å². The van der Waals surface area contributed by atoms with Crippen LogP contribution in [0.4, 0.5) is 10.8 Å². The van der Waals surface area contributed by atoms with E-state index in [9.17, 15) is 4.79 Å². The normalized spacial score (nSPS) is 13.6. The number of nitrogen functional groups attached to an aromatic ring is 1. The van der Waals surface area contributed by atoms with E-state index < -0.39 is 0 Å². The van der Waals surface area contributed by atoms with Crippen molar-refractivity contribution in [2.45, 2.75) is 13.3 Å². The van der Waals surface area contributed by atoms with Gasteiger partial charge < -0.3 is 11.1 Å². The highest BCUT2D eigenvalue weighted by Crippen LogP contribution is 2.39. The van der Waals surface area contributed by atoms with E-state index in [0.29, 0.717) is 16.6 Å². The molecule has 3 N–H and O–H groups in total. The smallest absolute Gasteiger partial charge is 0.228 e. The molecule has 0 fully saturated rings. The first-order chi connectivity index (χ1) is 8.54. The first-order valence-corrected chi connectivity index (χ1v) is 6.59. The predicted molar refractivity (Wildman–Crippen MR) is 74.0 cm³/mol. The molecule has 0 atom stereocenters. The molecule has 18 heavy (non-hydrogen) atoms. The third-order valence-electron chi connectivity index (χ3n) is 2.87. The lowest BCUT2D eigenvalue weighted by atomic mass is 10.0. The van der Waals surface area contributed by atoms with Crippen molar-refractivity contribution in [3.05, 3.63) is 27.6 Å². The minimum Gasteiger partial charge on any atom is -0.375 e. The lowest BCUT2D eigenvalue weighted by molar-refractivity contribution is -0.115. The van der Waals surface area contributed by atoms with Crippen LogP contribution in [0, 0.1) is 6.92 Å². The van der Waals surface area contributed by atoms with E-state index in [4.69, 9.17) is 17.3 Å². The second kappa shape index (κ2) is 3.96. The second-order valence-corrected chi connectivity index (χ2v) is 5.84. The maximum absolute atomic E-state index is 11.5. The summed E-state index contributed by atoms with van der Waals surface area (Å²) in [6.07, 6.45) is 0.363. The summed E-state index contributed by atoms with van der Waals surface area (Å²) in [6, 6.07) is 3.62. The summed E-state index contributed by atoms with van der Waals surface area (Å²) in [4.78, 5) is 16.8. The van der Waals surface area contributed by atoms with Crippen LogP contribution >= 0.6 is 22.9 Å². The van der Waals surface area contributed by atoms with Gasteiger partial charge in [0.25, 0.3) is 0 Å². The molecule has 6 heteroatoms. The molecule has 1 aromatic carbocycles. The molecule has 0 spiro atoms. The van der Waals surface area contributed by atoms with Crippen LogP contribution in [-0.4, -0.2) is 10.9 Å². The Bertz CT molecular complexity index is 666. The minimum atomic E-state index is -0.0191. The fourth-order valence-corrected chi connectivity index (χ4v) is 3.10. The maximum Gasteiger partial charge on any atom is 0.228 e. The van der Waals surface area contributed by atoms with Gasteiger partial charge in [0.05, 0.1) is 17.8 Å². The number of aromatic nitrogens is 1. The van der Waals surface area contributed by atoms with Crippen LogP contribution in [0.2, 0.25) is 5.02 Å². The van der Waals surface area contributed by atoms with Crippen LogP contribution < -0.4 is 11.1 Å². The third-order valence-corrected chi connectivity index (χ3v) is 3.89. The number of hydrogen-bond donors (Lipinski definition) is 2. The van der Waals surface area contributed by atoms with Crippen molar-refractivity contribution in [1.82, 2.24) is 4.98 Å². The lowest BCUT2D eigenvalue weighted by Gasteiger charge is -2.07. The number of aryl methyl sites for hydroxylation is 1. The number of carbonyl (C=O) groups excluding carboxylic acids is 1. The molecule has 92 valence electrons. The molecular weight excluding hydrogens is 270 g/mol. The number of nitrogens with one attached hydrogen (secondary N) is 1. The second-order valence-electron chi connectivity index (χ2n) is 4.17. The van der Waals surface area contributed by atoms with Gasteiger partial charge in [-0.1, -0.05) is 11.6 Å². The van der Waals surface area contributed by atoms with Crippen LogP contribution in [-0.2, 0) is 11.2 Å². The van der Waals surface area contributed by atoms with Crippen molar-refractivity contribution in [3.8, 4) is 11.3 Å². The van der Waals surface area contributed by atoms with Crippen LogP contribution in [0.3, 0.4) is 0 Å². The Hall–Kier alpha value is -1.59. The average molecular weight is 280 g/mol. The molecule has 2 aromatic rings. The van der Waals surface area contributed by atoms with Gasteiger partial charge in [-0.25, -0.2) is 4.98 Å². The number of amides is 1. The summed E-state index contributed by atoms with van der Waals surface area (Å²) < 4.78 is 0. The standard InChI is InChI=1S/C12H10ClN3OS/c1-5-10(16-12(14)18-5)8-4-7(13)2-6-3-9(17)15-11(6)8/h2,4H,3H2,1H3,(H2,14,16)(H,15,17). The van der Waals surface area contributed by atoms with Gasteiger partial charge in [0.1, 0.15) is 0 Å². The SMILES string of the molecule is Cc1sc(N)nc1-c1cc(Cl)cc2c1NC(=O)C2. The first-order valence-electron chi connectivity index (χ1n) is 5.40. The Morgan fingerprint density at radius 2 is 2.28 bits per heavy atom. The van der Waals surface area contributed by atoms with Crippen molar-refractivity contribution in [3.63, 3.8) is 0 Å². The molecule has 0 radical (unpaired) electrons. The van der Waals surface area contributed by atoms with Gasteiger partial charge in [0.2, 0.25) is 5.91 Å². The highest BCUT2D eigenvalue weighted by Gasteiger charge is 2.24. The lowest BCUT2D eigenvalue weighted by Crippen LogP contribution is -2.04. The molecule has 1 amide bonds. The van der Waals surface area contributed by atoms with Gasteiger partial charge in [0, 0.05) is 15.5 Å². The zero-order valence-corrected chi connectivity index (χ0v) is 11.2. The van der Waals surface area contributed by atoms with Crippen molar-refractivity contribution < 1.29 is 4.79 Å². The van der Waals surface area contributed by atoms with Crippen molar-refractivity contribution in [1.29, 1.82) is 0 Å². The summed E-state index contributed by atoms with van der Waals surface area (Å²) in [5.41, 5.74) is 9.06. The van der Waals surface area contributed by atoms with Crippen LogP contribution in [0.15, 0.2) is 12.1 Å². The topological polar surface area (TPSA) is 68.0 Å². The Morgan fingerprint density at radius 1 is 1.50 bits per heavy atom. The molecule has 0 saturated carbocycles. The summed E-state index contributed by atoms with van der Waals surface area (Å²) >= 11 is 7.52. The van der Waals surface area contributed by atoms with Gasteiger partial charge in [0.15, 0.2) is 5.13 Å².